The monoisotopic (exact) mass is 226 g/mol. The first-order valence-corrected chi connectivity index (χ1v) is 4.81. The Morgan fingerprint density at radius 1 is 1.62 bits per heavy atom. The average Bonchev–Trinajstić information content (AvgIpc) is 2.16. The van der Waals surface area contributed by atoms with E-state index < -0.39 is 10.5 Å². The van der Waals surface area contributed by atoms with E-state index in [1.165, 1.54) is 0 Å². The molecule has 1 aromatic rings. The number of nitrogens with zero attached hydrogens (tertiary/aromatic N) is 3. The van der Waals surface area contributed by atoms with Crippen LogP contribution in [0.25, 0.3) is 0 Å². The number of ether oxygens (including phenoxy) is 1. The van der Waals surface area contributed by atoms with Crippen molar-refractivity contribution in [3.05, 3.63) is 16.3 Å². The van der Waals surface area contributed by atoms with E-state index in [1.54, 1.807) is 0 Å². The molecule has 1 rings (SSSR count). The van der Waals surface area contributed by atoms with Gasteiger partial charge >= 0.3 is 5.69 Å². The SMILES string of the molecule is CCC(C)(C)Oc1nc(N)ncc1[N+](=O)[O-]. The van der Waals surface area contributed by atoms with Crippen LogP contribution in [-0.2, 0) is 0 Å². The van der Waals surface area contributed by atoms with E-state index >= 15 is 0 Å². The Hall–Kier alpha value is -1.92. The van der Waals surface area contributed by atoms with Gasteiger partial charge in [0.1, 0.15) is 11.8 Å². The Morgan fingerprint density at radius 3 is 2.75 bits per heavy atom. The minimum atomic E-state index is -0.597. The van der Waals surface area contributed by atoms with Gasteiger partial charge in [-0.3, -0.25) is 10.1 Å². The Kier molecular flexibility index (Phi) is 3.26. The molecule has 1 aromatic heterocycles. The van der Waals surface area contributed by atoms with Crippen LogP contribution in [0.15, 0.2) is 6.20 Å². The lowest BCUT2D eigenvalue weighted by atomic mass is 10.1. The molecule has 0 aromatic carbocycles. The van der Waals surface area contributed by atoms with Crippen molar-refractivity contribution in [2.45, 2.75) is 32.8 Å². The summed E-state index contributed by atoms with van der Waals surface area (Å²) in [5.74, 6) is -0.142. The predicted octanol–water partition coefficient (Wildman–Crippen LogP) is 1.53. The van der Waals surface area contributed by atoms with E-state index in [0.29, 0.717) is 6.42 Å². The molecule has 0 unspecified atom stereocenters. The van der Waals surface area contributed by atoms with Gasteiger partial charge in [-0.2, -0.15) is 4.98 Å². The Bertz CT molecular complexity index is 406. The molecule has 7 nitrogen and oxygen atoms in total. The van der Waals surface area contributed by atoms with Gasteiger partial charge in [0.05, 0.1) is 4.92 Å². The maximum absolute atomic E-state index is 10.7. The maximum Gasteiger partial charge on any atom is 0.349 e. The fraction of sp³-hybridized carbons (Fsp3) is 0.556. The molecule has 1 heterocycles. The van der Waals surface area contributed by atoms with Crippen molar-refractivity contribution in [2.75, 3.05) is 5.73 Å². The number of hydrogen-bond acceptors (Lipinski definition) is 6. The summed E-state index contributed by atoms with van der Waals surface area (Å²) in [6.45, 7) is 5.54. The number of anilines is 1. The van der Waals surface area contributed by atoms with Gasteiger partial charge in [-0.1, -0.05) is 6.92 Å². The number of nitrogens with two attached hydrogens (primary N) is 1. The standard InChI is InChI=1S/C9H14N4O3/c1-4-9(2,3)16-7-6(13(14)15)5-11-8(10)12-7/h5H,4H2,1-3H3,(H2,10,11,12). The topological polar surface area (TPSA) is 104 Å². The molecule has 0 spiro atoms. The van der Waals surface area contributed by atoms with Gasteiger partial charge in [0.15, 0.2) is 0 Å². The third-order valence-corrected chi connectivity index (χ3v) is 2.18. The molecule has 0 saturated heterocycles. The fourth-order valence-corrected chi connectivity index (χ4v) is 0.907. The molecule has 0 fully saturated rings. The van der Waals surface area contributed by atoms with Crippen molar-refractivity contribution in [3.63, 3.8) is 0 Å². The highest BCUT2D eigenvalue weighted by atomic mass is 16.6. The zero-order valence-corrected chi connectivity index (χ0v) is 9.43. The molecule has 0 atom stereocenters. The summed E-state index contributed by atoms with van der Waals surface area (Å²) in [6, 6.07) is 0. The number of rotatable bonds is 4. The molecule has 0 aliphatic rings. The summed E-state index contributed by atoms with van der Waals surface area (Å²) < 4.78 is 5.45. The van der Waals surface area contributed by atoms with Gasteiger partial charge in [0.25, 0.3) is 5.88 Å². The second-order valence-electron chi connectivity index (χ2n) is 3.89. The minimum absolute atomic E-state index is 0.0486. The van der Waals surface area contributed by atoms with Crippen LogP contribution < -0.4 is 10.5 Å². The Labute approximate surface area is 92.8 Å². The highest BCUT2D eigenvalue weighted by Crippen LogP contribution is 2.28. The summed E-state index contributed by atoms with van der Waals surface area (Å²) in [6.07, 6.45) is 1.73. The van der Waals surface area contributed by atoms with Crippen LogP contribution in [-0.4, -0.2) is 20.5 Å². The van der Waals surface area contributed by atoms with Crippen molar-refractivity contribution >= 4 is 11.6 Å². The molecule has 0 radical (unpaired) electrons. The van der Waals surface area contributed by atoms with Crippen molar-refractivity contribution < 1.29 is 9.66 Å². The summed E-state index contributed by atoms with van der Waals surface area (Å²) in [5, 5.41) is 10.7. The second kappa shape index (κ2) is 4.30. The van der Waals surface area contributed by atoms with Crippen molar-refractivity contribution in [3.8, 4) is 5.88 Å². The highest BCUT2D eigenvalue weighted by Gasteiger charge is 2.25. The van der Waals surface area contributed by atoms with Gasteiger partial charge in [-0.15, -0.1) is 0 Å². The van der Waals surface area contributed by atoms with E-state index in [1.807, 2.05) is 20.8 Å². The van der Waals surface area contributed by atoms with Gasteiger partial charge in [0, 0.05) is 0 Å². The summed E-state index contributed by atoms with van der Waals surface area (Å²) in [7, 11) is 0. The first-order valence-electron chi connectivity index (χ1n) is 4.81. The van der Waals surface area contributed by atoms with E-state index in [-0.39, 0.29) is 17.5 Å². The molecular weight excluding hydrogens is 212 g/mol. The fourth-order valence-electron chi connectivity index (χ4n) is 0.907. The molecule has 2 N–H and O–H groups in total. The highest BCUT2D eigenvalue weighted by molar-refractivity contribution is 5.41. The minimum Gasteiger partial charge on any atom is -0.467 e. The zero-order valence-electron chi connectivity index (χ0n) is 9.43. The maximum atomic E-state index is 10.7. The smallest absolute Gasteiger partial charge is 0.349 e. The molecule has 0 aliphatic carbocycles. The predicted molar refractivity (Wildman–Crippen MR) is 58.1 cm³/mol. The molecule has 0 saturated carbocycles. The van der Waals surface area contributed by atoms with E-state index in [0.717, 1.165) is 6.20 Å². The lowest BCUT2D eigenvalue weighted by Crippen LogP contribution is -2.27. The number of nitrogen functional groups attached to an aromatic ring is 1. The number of aromatic nitrogens is 2. The van der Waals surface area contributed by atoms with Gasteiger partial charge in [-0.25, -0.2) is 4.98 Å². The molecule has 88 valence electrons. The van der Waals surface area contributed by atoms with Gasteiger partial charge in [-0.05, 0) is 20.3 Å². The molecule has 16 heavy (non-hydrogen) atoms. The van der Waals surface area contributed by atoms with Crippen molar-refractivity contribution in [1.29, 1.82) is 0 Å². The largest absolute Gasteiger partial charge is 0.467 e. The Morgan fingerprint density at radius 2 is 2.25 bits per heavy atom. The van der Waals surface area contributed by atoms with E-state index in [4.69, 9.17) is 10.5 Å². The van der Waals surface area contributed by atoms with Crippen molar-refractivity contribution in [2.24, 2.45) is 0 Å². The van der Waals surface area contributed by atoms with Gasteiger partial charge < -0.3 is 10.5 Å². The first kappa shape index (κ1) is 12.2. The first-order chi connectivity index (χ1) is 7.35. The van der Waals surface area contributed by atoms with Crippen LogP contribution in [0.2, 0.25) is 0 Å². The van der Waals surface area contributed by atoms with E-state index in [2.05, 4.69) is 9.97 Å². The molecular formula is C9H14N4O3. The molecule has 7 heteroatoms. The van der Waals surface area contributed by atoms with E-state index in [9.17, 15) is 10.1 Å². The summed E-state index contributed by atoms with van der Waals surface area (Å²) in [5.41, 5.74) is 4.55. The van der Waals surface area contributed by atoms with Crippen LogP contribution in [0.3, 0.4) is 0 Å². The van der Waals surface area contributed by atoms with Crippen LogP contribution >= 0.6 is 0 Å². The van der Waals surface area contributed by atoms with Crippen LogP contribution in [0, 0.1) is 10.1 Å². The van der Waals surface area contributed by atoms with Crippen LogP contribution in [0.5, 0.6) is 5.88 Å². The third kappa shape index (κ3) is 2.78. The van der Waals surface area contributed by atoms with Crippen molar-refractivity contribution in [1.82, 2.24) is 9.97 Å². The summed E-state index contributed by atoms with van der Waals surface area (Å²) in [4.78, 5) is 17.4. The second-order valence-corrected chi connectivity index (χ2v) is 3.89. The quantitative estimate of drug-likeness (QED) is 0.616. The third-order valence-electron chi connectivity index (χ3n) is 2.18. The molecule has 0 bridgehead atoms. The Balaban J connectivity index is 3.10. The lowest BCUT2D eigenvalue weighted by molar-refractivity contribution is -0.386. The lowest BCUT2D eigenvalue weighted by Gasteiger charge is -2.23. The molecule has 0 aliphatic heterocycles. The van der Waals surface area contributed by atoms with Crippen LogP contribution in [0.1, 0.15) is 27.2 Å². The summed E-state index contributed by atoms with van der Waals surface area (Å²) >= 11 is 0. The van der Waals surface area contributed by atoms with Crippen LogP contribution in [0.4, 0.5) is 11.6 Å². The number of hydrogen-bond donors (Lipinski definition) is 1. The molecule has 0 amide bonds. The van der Waals surface area contributed by atoms with Gasteiger partial charge in [0.2, 0.25) is 5.95 Å². The zero-order chi connectivity index (χ0) is 12.3. The average molecular weight is 226 g/mol. The normalized spacial score (nSPS) is 11.2. The number of nitro groups is 1.